The highest BCUT2D eigenvalue weighted by Crippen LogP contribution is 2.35. The quantitative estimate of drug-likeness (QED) is 0.752. The maximum absolute atomic E-state index is 12.9. The van der Waals surface area contributed by atoms with Crippen molar-refractivity contribution in [3.8, 4) is 5.75 Å². The lowest BCUT2D eigenvalue weighted by Gasteiger charge is -2.25. The average molecular weight is 420 g/mol. The molecule has 1 saturated heterocycles. The number of amides is 2. The molecule has 0 aromatic heterocycles. The highest BCUT2D eigenvalue weighted by molar-refractivity contribution is 9.10. The molecule has 2 aromatic carbocycles. The number of carbonyl (C=O) groups is 2. The van der Waals surface area contributed by atoms with Crippen molar-refractivity contribution in [2.75, 3.05) is 13.7 Å². The molecular formula is C19H18BrNO5. The van der Waals surface area contributed by atoms with Crippen molar-refractivity contribution in [1.29, 1.82) is 0 Å². The second kappa shape index (κ2) is 7.88. The average Bonchev–Trinajstić information content (AvgIpc) is 3.08. The summed E-state index contributed by atoms with van der Waals surface area (Å²) in [6, 6.07) is 15.5. The van der Waals surface area contributed by atoms with Crippen LogP contribution >= 0.6 is 15.9 Å². The number of alkyl halides is 1. The number of para-hydroxylation sites is 1. The lowest BCUT2D eigenvalue weighted by molar-refractivity contribution is -0.130. The first-order valence-corrected chi connectivity index (χ1v) is 8.96. The van der Waals surface area contributed by atoms with Crippen molar-refractivity contribution < 1.29 is 24.2 Å². The fraction of sp³-hybridized carbons (Fsp3) is 0.263. The molecule has 7 heteroatoms. The molecule has 0 aliphatic carbocycles. The van der Waals surface area contributed by atoms with E-state index in [1.807, 2.05) is 30.3 Å². The summed E-state index contributed by atoms with van der Waals surface area (Å²) in [6.45, 7) is 0.0824. The van der Waals surface area contributed by atoms with E-state index in [1.54, 1.807) is 24.3 Å². The zero-order valence-corrected chi connectivity index (χ0v) is 15.6. The van der Waals surface area contributed by atoms with Crippen LogP contribution in [0.15, 0.2) is 54.6 Å². The van der Waals surface area contributed by atoms with Crippen LogP contribution in [-0.2, 0) is 9.53 Å². The number of benzene rings is 2. The number of halogens is 1. The number of cyclic esters (lactones) is 1. The largest absolute Gasteiger partial charge is 0.496 e. The van der Waals surface area contributed by atoms with Gasteiger partial charge in [0.25, 0.3) is 0 Å². The van der Waals surface area contributed by atoms with E-state index in [0.717, 1.165) is 10.5 Å². The Kier molecular flexibility index (Phi) is 5.58. The van der Waals surface area contributed by atoms with E-state index in [1.165, 1.54) is 7.11 Å². The van der Waals surface area contributed by atoms with Gasteiger partial charge in [0.1, 0.15) is 29.3 Å². The van der Waals surface area contributed by atoms with Crippen LogP contribution in [0.1, 0.15) is 23.3 Å². The van der Waals surface area contributed by atoms with E-state index in [0.29, 0.717) is 11.3 Å². The number of imide groups is 1. The van der Waals surface area contributed by atoms with Crippen LogP contribution in [0.2, 0.25) is 0 Å². The van der Waals surface area contributed by atoms with E-state index < -0.39 is 29.0 Å². The molecule has 6 nitrogen and oxygen atoms in total. The van der Waals surface area contributed by atoms with Gasteiger partial charge >= 0.3 is 6.09 Å². The zero-order chi connectivity index (χ0) is 18.7. The lowest BCUT2D eigenvalue weighted by atomic mass is 10.0. The number of hydrogen-bond donors (Lipinski definition) is 1. The fourth-order valence-corrected chi connectivity index (χ4v) is 3.43. The molecule has 2 amide bonds. The number of carbonyl (C=O) groups excluding carboxylic acids is 2. The molecule has 0 unspecified atom stereocenters. The minimum atomic E-state index is -1.19. The molecule has 1 fully saturated rings. The molecule has 1 heterocycles. The highest BCUT2D eigenvalue weighted by Gasteiger charge is 2.43. The van der Waals surface area contributed by atoms with Gasteiger partial charge in [-0.25, -0.2) is 9.69 Å². The van der Waals surface area contributed by atoms with Crippen molar-refractivity contribution in [1.82, 2.24) is 4.90 Å². The Balaban J connectivity index is 1.85. The second-order valence-electron chi connectivity index (χ2n) is 5.80. The van der Waals surface area contributed by atoms with Crippen LogP contribution in [0.4, 0.5) is 4.79 Å². The van der Waals surface area contributed by atoms with Crippen LogP contribution < -0.4 is 4.74 Å². The Bertz CT molecular complexity index is 798. The first-order valence-electron chi connectivity index (χ1n) is 8.04. The Hall–Kier alpha value is -2.38. The number of ether oxygens (including phenoxy) is 2. The number of rotatable bonds is 5. The molecule has 0 saturated carbocycles. The van der Waals surface area contributed by atoms with Gasteiger partial charge in [0.15, 0.2) is 0 Å². The van der Waals surface area contributed by atoms with Crippen LogP contribution in [0.3, 0.4) is 0 Å². The van der Waals surface area contributed by atoms with Crippen molar-refractivity contribution >= 4 is 27.9 Å². The van der Waals surface area contributed by atoms with Gasteiger partial charge in [0.05, 0.1) is 7.11 Å². The van der Waals surface area contributed by atoms with E-state index in [-0.39, 0.29) is 6.61 Å². The summed E-state index contributed by atoms with van der Waals surface area (Å²) in [5, 5.41) is 10.6. The summed E-state index contributed by atoms with van der Waals surface area (Å²) in [4.78, 5) is 25.1. The SMILES string of the molecule is COc1ccccc1[C@H](O)[C@H](Br)C(=O)N1C(=O)OC[C@@H]1c1ccccc1. The molecule has 3 rings (SSSR count). The molecule has 0 spiro atoms. The Labute approximate surface area is 159 Å². The molecule has 1 N–H and O–H groups in total. The van der Waals surface area contributed by atoms with Gasteiger partial charge < -0.3 is 14.6 Å². The van der Waals surface area contributed by atoms with Crippen molar-refractivity contribution in [2.45, 2.75) is 17.0 Å². The fourth-order valence-electron chi connectivity index (χ4n) is 2.92. The third-order valence-corrected chi connectivity index (χ3v) is 5.16. The van der Waals surface area contributed by atoms with Gasteiger partial charge in [-0.15, -0.1) is 0 Å². The predicted octanol–water partition coefficient (Wildman–Crippen LogP) is 3.21. The van der Waals surface area contributed by atoms with Crippen LogP contribution in [-0.4, -0.2) is 40.6 Å². The second-order valence-corrected chi connectivity index (χ2v) is 6.79. The minimum Gasteiger partial charge on any atom is -0.496 e. The highest BCUT2D eigenvalue weighted by atomic mass is 79.9. The van der Waals surface area contributed by atoms with Gasteiger partial charge in [-0.05, 0) is 11.6 Å². The summed E-state index contributed by atoms with van der Waals surface area (Å²) >= 11 is 3.24. The molecule has 136 valence electrons. The topological polar surface area (TPSA) is 76.1 Å². The summed E-state index contributed by atoms with van der Waals surface area (Å²) < 4.78 is 10.3. The predicted molar refractivity (Wildman–Crippen MR) is 98.0 cm³/mol. The van der Waals surface area contributed by atoms with Gasteiger partial charge in [-0.3, -0.25) is 4.79 Å². The van der Waals surface area contributed by atoms with Gasteiger partial charge in [0.2, 0.25) is 5.91 Å². The smallest absolute Gasteiger partial charge is 0.417 e. The minimum absolute atomic E-state index is 0.0824. The van der Waals surface area contributed by atoms with Crippen molar-refractivity contribution in [3.05, 3.63) is 65.7 Å². The van der Waals surface area contributed by atoms with E-state index >= 15 is 0 Å². The number of methoxy groups -OCH3 is 1. The van der Waals surface area contributed by atoms with E-state index in [4.69, 9.17) is 9.47 Å². The molecule has 3 atom stereocenters. The van der Waals surface area contributed by atoms with Gasteiger partial charge in [0, 0.05) is 5.56 Å². The summed E-state index contributed by atoms with van der Waals surface area (Å²) in [5.41, 5.74) is 1.24. The monoisotopic (exact) mass is 419 g/mol. The van der Waals surface area contributed by atoms with Crippen molar-refractivity contribution in [3.63, 3.8) is 0 Å². The first-order chi connectivity index (χ1) is 12.5. The molecular weight excluding hydrogens is 402 g/mol. The molecule has 1 aliphatic rings. The third kappa shape index (κ3) is 3.45. The molecule has 0 bridgehead atoms. The molecule has 26 heavy (non-hydrogen) atoms. The summed E-state index contributed by atoms with van der Waals surface area (Å²) in [6.07, 6.45) is -1.91. The Morgan fingerprint density at radius 2 is 1.88 bits per heavy atom. The number of hydrogen-bond acceptors (Lipinski definition) is 5. The van der Waals surface area contributed by atoms with E-state index in [9.17, 15) is 14.7 Å². The maximum Gasteiger partial charge on any atom is 0.417 e. The first kappa shape index (κ1) is 18.4. The normalized spacial score (nSPS) is 19.0. The summed E-state index contributed by atoms with van der Waals surface area (Å²) in [5.74, 6) is -0.111. The third-order valence-electron chi connectivity index (χ3n) is 4.27. The number of aliphatic hydroxyl groups is 1. The zero-order valence-electron chi connectivity index (χ0n) is 14.0. The standard InChI is InChI=1S/C19H18BrNO5/c1-25-15-10-6-5-9-13(15)17(22)16(20)18(23)21-14(11-26-19(21)24)12-7-3-2-4-8-12/h2-10,14,16-17,22H,11H2,1H3/t14-,16+,17+/m1/s1. The van der Waals surface area contributed by atoms with Gasteiger partial charge in [-0.1, -0.05) is 64.5 Å². The lowest BCUT2D eigenvalue weighted by Crippen LogP contribution is -2.41. The molecule has 0 radical (unpaired) electrons. The maximum atomic E-state index is 12.9. The van der Waals surface area contributed by atoms with Crippen LogP contribution in [0.5, 0.6) is 5.75 Å². The Morgan fingerprint density at radius 1 is 1.23 bits per heavy atom. The van der Waals surface area contributed by atoms with E-state index in [2.05, 4.69) is 15.9 Å². The Morgan fingerprint density at radius 3 is 2.58 bits per heavy atom. The van der Waals surface area contributed by atoms with Crippen LogP contribution in [0, 0.1) is 0 Å². The number of nitrogens with zero attached hydrogens (tertiary/aromatic N) is 1. The van der Waals surface area contributed by atoms with Gasteiger partial charge in [-0.2, -0.15) is 0 Å². The number of aliphatic hydroxyl groups excluding tert-OH is 1. The summed E-state index contributed by atoms with van der Waals surface area (Å²) in [7, 11) is 1.49. The molecule has 1 aliphatic heterocycles. The van der Waals surface area contributed by atoms with Crippen molar-refractivity contribution in [2.24, 2.45) is 0 Å². The molecule has 2 aromatic rings. The van der Waals surface area contributed by atoms with Crippen LogP contribution in [0.25, 0.3) is 0 Å².